The summed E-state index contributed by atoms with van der Waals surface area (Å²) in [4.78, 5) is 0. The summed E-state index contributed by atoms with van der Waals surface area (Å²) in [7, 11) is 0. The van der Waals surface area contributed by atoms with Crippen LogP contribution in [0.3, 0.4) is 0 Å². The molecule has 20 heavy (non-hydrogen) atoms. The molecule has 3 aromatic rings. The first-order valence-corrected chi connectivity index (χ1v) is 7.07. The van der Waals surface area contributed by atoms with Gasteiger partial charge in [-0.25, -0.2) is 0 Å². The standard InChI is InChI=1S/C18H16N2/c1-2-7-14(8-3-1)18-17-11-6-12-20(17)16-10-5-4-9-15(16)13-19-18/h1-12,18-19H,13H2/p+1/t18-/m0/s1. The molecule has 0 fully saturated rings. The van der Waals surface area contributed by atoms with Gasteiger partial charge < -0.3 is 9.88 Å². The molecule has 0 amide bonds. The maximum absolute atomic E-state index is 2.42. The Morgan fingerprint density at radius 2 is 1.65 bits per heavy atom. The third kappa shape index (κ3) is 1.77. The van der Waals surface area contributed by atoms with E-state index in [1.807, 2.05) is 0 Å². The summed E-state index contributed by atoms with van der Waals surface area (Å²) in [5.41, 5.74) is 5.41. The highest BCUT2D eigenvalue weighted by molar-refractivity contribution is 5.45. The summed E-state index contributed by atoms with van der Waals surface area (Å²) in [6.07, 6.45) is 2.17. The molecule has 2 nitrogen and oxygen atoms in total. The summed E-state index contributed by atoms with van der Waals surface area (Å²) < 4.78 is 2.33. The van der Waals surface area contributed by atoms with Crippen LogP contribution in [0.4, 0.5) is 0 Å². The van der Waals surface area contributed by atoms with Crippen molar-refractivity contribution in [2.24, 2.45) is 0 Å². The lowest BCUT2D eigenvalue weighted by atomic mass is 10.0. The maximum Gasteiger partial charge on any atom is 0.153 e. The second kappa shape index (κ2) is 4.66. The van der Waals surface area contributed by atoms with Crippen molar-refractivity contribution in [2.75, 3.05) is 0 Å². The molecule has 0 saturated carbocycles. The van der Waals surface area contributed by atoms with Gasteiger partial charge in [-0.05, 0) is 18.2 Å². The molecular formula is C18H17N2+. The van der Waals surface area contributed by atoms with Crippen LogP contribution in [0, 0.1) is 0 Å². The minimum absolute atomic E-state index is 0.360. The summed E-state index contributed by atoms with van der Waals surface area (Å²) >= 11 is 0. The molecule has 0 unspecified atom stereocenters. The molecule has 4 rings (SSSR count). The lowest BCUT2D eigenvalue weighted by Gasteiger charge is -2.14. The van der Waals surface area contributed by atoms with Gasteiger partial charge in [-0.2, -0.15) is 0 Å². The minimum Gasteiger partial charge on any atom is -0.331 e. The third-order valence-electron chi connectivity index (χ3n) is 4.08. The fourth-order valence-electron chi connectivity index (χ4n) is 3.12. The van der Waals surface area contributed by atoms with Crippen LogP contribution < -0.4 is 5.32 Å². The van der Waals surface area contributed by atoms with Gasteiger partial charge in [-0.15, -0.1) is 0 Å². The summed E-state index contributed by atoms with van der Waals surface area (Å²) in [5.74, 6) is 0. The number of nitrogens with two attached hydrogens (primary N) is 1. The van der Waals surface area contributed by atoms with E-state index < -0.39 is 0 Å². The second-order valence-electron chi connectivity index (χ2n) is 5.26. The molecule has 0 spiro atoms. The highest BCUT2D eigenvalue weighted by Gasteiger charge is 2.25. The van der Waals surface area contributed by atoms with Crippen LogP contribution in [0.1, 0.15) is 22.9 Å². The lowest BCUT2D eigenvalue weighted by Crippen LogP contribution is -2.83. The monoisotopic (exact) mass is 261 g/mol. The Morgan fingerprint density at radius 1 is 0.850 bits per heavy atom. The van der Waals surface area contributed by atoms with E-state index in [9.17, 15) is 0 Å². The quantitative estimate of drug-likeness (QED) is 0.695. The molecular weight excluding hydrogens is 244 g/mol. The molecule has 2 aromatic carbocycles. The van der Waals surface area contributed by atoms with E-state index in [1.54, 1.807) is 0 Å². The van der Waals surface area contributed by atoms with Crippen LogP contribution in [0.25, 0.3) is 5.69 Å². The Hall–Kier alpha value is -2.32. The van der Waals surface area contributed by atoms with Crippen LogP contribution in [-0.4, -0.2) is 4.57 Å². The Kier molecular flexibility index (Phi) is 2.68. The predicted molar refractivity (Wildman–Crippen MR) is 79.7 cm³/mol. The lowest BCUT2D eigenvalue weighted by molar-refractivity contribution is -0.702. The third-order valence-corrected chi connectivity index (χ3v) is 4.08. The van der Waals surface area contributed by atoms with Crippen molar-refractivity contribution in [2.45, 2.75) is 12.6 Å². The SMILES string of the molecule is c1ccc([C@@H]2[NH2+]Cc3ccccc3-n3cccc32)cc1. The van der Waals surface area contributed by atoms with Crippen molar-refractivity contribution < 1.29 is 5.32 Å². The molecule has 98 valence electrons. The van der Waals surface area contributed by atoms with E-state index in [0.29, 0.717) is 6.04 Å². The number of quaternary nitrogens is 1. The van der Waals surface area contributed by atoms with Gasteiger partial charge in [0.1, 0.15) is 6.54 Å². The molecule has 2 heteroatoms. The van der Waals surface area contributed by atoms with Crippen molar-refractivity contribution in [3.05, 3.63) is 89.7 Å². The van der Waals surface area contributed by atoms with E-state index in [2.05, 4.69) is 82.8 Å². The van der Waals surface area contributed by atoms with Crippen LogP contribution in [0.5, 0.6) is 0 Å². The van der Waals surface area contributed by atoms with Crippen molar-refractivity contribution in [3.63, 3.8) is 0 Å². The van der Waals surface area contributed by atoms with E-state index in [0.717, 1.165) is 6.54 Å². The summed E-state index contributed by atoms with van der Waals surface area (Å²) in [6.45, 7) is 1.01. The zero-order valence-electron chi connectivity index (χ0n) is 11.2. The highest BCUT2D eigenvalue weighted by Crippen LogP contribution is 2.26. The van der Waals surface area contributed by atoms with Crippen molar-refractivity contribution >= 4 is 0 Å². The number of fused-ring (bicyclic) bond motifs is 3. The Bertz CT molecular complexity index is 728. The van der Waals surface area contributed by atoms with Crippen molar-refractivity contribution in [1.82, 2.24) is 4.57 Å². The molecule has 1 aliphatic rings. The Morgan fingerprint density at radius 3 is 2.55 bits per heavy atom. The van der Waals surface area contributed by atoms with E-state index in [-0.39, 0.29) is 0 Å². The van der Waals surface area contributed by atoms with Gasteiger partial charge >= 0.3 is 0 Å². The average Bonchev–Trinajstić information content (AvgIpc) is 2.93. The summed E-state index contributed by atoms with van der Waals surface area (Å²) in [6, 6.07) is 24.2. The van der Waals surface area contributed by atoms with Crippen molar-refractivity contribution in [3.8, 4) is 5.69 Å². The normalized spacial score (nSPS) is 17.1. The maximum atomic E-state index is 2.42. The largest absolute Gasteiger partial charge is 0.331 e. The zero-order valence-corrected chi connectivity index (χ0v) is 11.2. The fraction of sp³-hybridized carbons (Fsp3) is 0.111. The molecule has 0 aliphatic carbocycles. The first kappa shape index (κ1) is 11.5. The van der Waals surface area contributed by atoms with Gasteiger partial charge in [0, 0.05) is 17.3 Å². The van der Waals surface area contributed by atoms with Gasteiger partial charge in [0.15, 0.2) is 6.04 Å². The fourth-order valence-corrected chi connectivity index (χ4v) is 3.12. The van der Waals surface area contributed by atoms with Gasteiger partial charge in [0.2, 0.25) is 0 Å². The molecule has 1 aromatic heterocycles. The van der Waals surface area contributed by atoms with Crippen LogP contribution in [-0.2, 0) is 6.54 Å². The van der Waals surface area contributed by atoms with E-state index >= 15 is 0 Å². The molecule has 2 N–H and O–H groups in total. The van der Waals surface area contributed by atoms with Crippen LogP contribution >= 0.6 is 0 Å². The number of para-hydroxylation sites is 1. The Balaban J connectivity index is 1.88. The zero-order chi connectivity index (χ0) is 13.4. The Labute approximate surface area is 118 Å². The minimum atomic E-state index is 0.360. The smallest absolute Gasteiger partial charge is 0.153 e. The van der Waals surface area contributed by atoms with Crippen LogP contribution in [0.2, 0.25) is 0 Å². The first-order chi connectivity index (χ1) is 9.93. The number of benzene rings is 2. The molecule has 0 saturated heterocycles. The topological polar surface area (TPSA) is 21.5 Å². The van der Waals surface area contributed by atoms with Gasteiger partial charge in [-0.3, -0.25) is 0 Å². The van der Waals surface area contributed by atoms with Gasteiger partial charge in [0.25, 0.3) is 0 Å². The number of aromatic nitrogens is 1. The van der Waals surface area contributed by atoms with E-state index in [4.69, 9.17) is 0 Å². The molecule has 1 atom stereocenters. The van der Waals surface area contributed by atoms with Gasteiger partial charge in [0.05, 0.1) is 11.4 Å². The number of hydrogen-bond donors (Lipinski definition) is 1. The van der Waals surface area contributed by atoms with Gasteiger partial charge in [-0.1, -0.05) is 48.5 Å². The number of rotatable bonds is 1. The predicted octanol–water partition coefficient (Wildman–Crippen LogP) is 2.64. The summed E-state index contributed by atoms with van der Waals surface area (Å²) in [5, 5.41) is 2.42. The number of hydrogen-bond acceptors (Lipinski definition) is 0. The molecule has 2 heterocycles. The van der Waals surface area contributed by atoms with E-state index in [1.165, 1.54) is 22.5 Å². The van der Waals surface area contributed by atoms with Crippen LogP contribution in [0.15, 0.2) is 72.9 Å². The molecule has 0 bridgehead atoms. The average molecular weight is 261 g/mol. The molecule has 1 aliphatic heterocycles. The van der Waals surface area contributed by atoms with Crippen molar-refractivity contribution in [1.29, 1.82) is 0 Å². The number of nitrogens with zero attached hydrogens (tertiary/aromatic N) is 1. The molecule has 0 radical (unpaired) electrons. The first-order valence-electron chi connectivity index (χ1n) is 7.07. The second-order valence-corrected chi connectivity index (χ2v) is 5.26. The highest BCUT2D eigenvalue weighted by atomic mass is 15.1.